The van der Waals surface area contributed by atoms with Crippen LogP contribution >= 0.6 is 57.4 Å². The molecule has 1 fully saturated rings. The molecule has 0 amide bonds. The van der Waals surface area contributed by atoms with Gasteiger partial charge < -0.3 is 23.4 Å². The van der Waals surface area contributed by atoms with Crippen molar-refractivity contribution in [2.45, 2.75) is 85.1 Å². The second kappa shape index (κ2) is 11.0. The first kappa shape index (κ1) is 29.2. The van der Waals surface area contributed by atoms with Crippen LogP contribution < -0.4 is 0 Å². The highest BCUT2D eigenvalue weighted by Gasteiger charge is 2.53. The van der Waals surface area contributed by atoms with Crippen LogP contribution in [0.2, 0.25) is 18.1 Å². The lowest BCUT2D eigenvalue weighted by atomic mass is 10.0. The van der Waals surface area contributed by atoms with Crippen LogP contribution in [0.15, 0.2) is 0 Å². The minimum absolute atomic E-state index is 0.147. The van der Waals surface area contributed by atoms with Crippen molar-refractivity contribution in [1.82, 2.24) is 0 Å². The number of hydrogen-bond donors (Lipinski definition) is 1. The molecule has 180 valence electrons. The molecular formula is C18H29Cl3INO7Si. The van der Waals surface area contributed by atoms with Crippen LogP contribution in [0.4, 0.5) is 0 Å². The predicted octanol–water partition coefficient (Wildman–Crippen LogP) is 4.76. The van der Waals surface area contributed by atoms with Crippen molar-refractivity contribution in [2.75, 3.05) is 6.61 Å². The number of halogens is 4. The van der Waals surface area contributed by atoms with Crippen LogP contribution in [0.1, 0.15) is 34.6 Å². The molecule has 1 N–H and O–H groups in total. The van der Waals surface area contributed by atoms with E-state index in [1.165, 1.54) is 13.8 Å². The van der Waals surface area contributed by atoms with E-state index in [1.807, 2.05) is 35.7 Å². The van der Waals surface area contributed by atoms with E-state index in [4.69, 9.17) is 63.6 Å². The third kappa shape index (κ3) is 8.46. The molecule has 5 atom stereocenters. The molecule has 31 heavy (non-hydrogen) atoms. The molecule has 1 aliphatic rings. The molecule has 0 aliphatic carbocycles. The maximum absolute atomic E-state index is 11.9. The van der Waals surface area contributed by atoms with E-state index in [0.29, 0.717) is 0 Å². The summed E-state index contributed by atoms with van der Waals surface area (Å²) >= 11 is 19.2. The second-order valence-corrected chi connectivity index (χ2v) is 17.1. The van der Waals surface area contributed by atoms with E-state index in [1.54, 1.807) is 0 Å². The first-order valence-corrected chi connectivity index (χ1v) is 14.8. The number of esters is 2. The van der Waals surface area contributed by atoms with Gasteiger partial charge in [-0.05, 0) is 18.1 Å². The third-order valence-corrected chi connectivity index (χ3v) is 11.3. The van der Waals surface area contributed by atoms with Gasteiger partial charge in [0.05, 0.1) is 0 Å². The monoisotopic (exact) mass is 631 g/mol. The lowest BCUT2D eigenvalue weighted by molar-refractivity contribution is -0.233. The Hall–Kier alpha value is 0.147. The van der Waals surface area contributed by atoms with Gasteiger partial charge in [0.25, 0.3) is 3.79 Å². The van der Waals surface area contributed by atoms with Crippen molar-refractivity contribution in [2.24, 2.45) is 0 Å². The van der Waals surface area contributed by atoms with Crippen molar-refractivity contribution in [3.63, 3.8) is 0 Å². The van der Waals surface area contributed by atoms with Crippen LogP contribution in [0.5, 0.6) is 0 Å². The molecule has 0 saturated carbocycles. The SMILES string of the molecule is CC(=O)OC[C@H]1O[C@H](OC(=N)C(Cl)(Cl)Cl)[C@H](I)[C@@H](OC(C)=O)[C@@H]1O[Si](C)(C)C(C)(C)C. The normalized spacial score (nSPS) is 27.4. The zero-order valence-electron chi connectivity index (χ0n) is 18.5. The summed E-state index contributed by atoms with van der Waals surface area (Å²) in [5, 5.41) is 7.72. The van der Waals surface area contributed by atoms with Gasteiger partial charge in [-0.15, -0.1) is 0 Å². The Bertz CT molecular complexity index is 684. The lowest BCUT2D eigenvalue weighted by Gasteiger charge is -2.48. The molecule has 8 nitrogen and oxygen atoms in total. The van der Waals surface area contributed by atoms with Gasteiger partial charge in [0, 0.05) is 13.8 Å². The predicted molar refractivity (Wildman–Crippen MR) is 130 cm³/mol. The van der Waals surface area contributed by atoms with Crippen LogP contribution in [-0.2, 0) is 33.0 Å². The molecule has 1 aliphatic heterocycles. The lowest BCUT2D eigenvalue weighted by Crippen LogP contribution is -2.63. The third-order valence-electron chi connectivity index (χ3n) is 5.05. The van der Waals surface area contributed by atoms with Crippen molar-refractivity contribution in [3.05, 3.63) is 0 Å². The van der Waals surface area contributed by atoms with Crippen molar-refractivity contribution in [3.8, 4) is 0 Å². The van der Waals surface area contributed by atoms with Gasteiger partial charge in [-0.25, -0.2) is 0 Å². The number of rotatable bonds is 6. The Morgan fingerprint density at radius 1 is 1.06 bits per heavy atom. The van der Waals surface area contributed by atoms with E-state index in [2.05, 4.69) is 20.8 Å². The number of hydrogen-bond acceptors (Lipinski definition) is 8. The van der Waals surface area contributed by atoms with E-state index in [0.717, 1.165) is 0 Å². The van der Waals surface area contributed by atoms with Gasteiger partial charge in [-0.3, -0.25) is 15.0 Å². The summed E-state index contributed by atoms with van der Waals surface area (Å²) in [6.07, 6.45) is -3.53. The van der Waals surface area contributed by atoms with Gasteiger partial charge in [-0.1, -0.05) is 78.2 Å². The van der Waals surface area contributed by atoms with Gasteiger partial charge in [0.2, 0.25) is 12.2 Å². The van der Waals surface area contributed by atoms with Gasteiger partial charge in [0.1, 0.15) is 28.8 Å². The van der Waals surface area contributed by atoms with E-state index in [-0.39, 0.29) is 11.6 Å². The molecule has 0 aromatic heterocycles. The fraction of sp³-hybridized carbons (Fsp3) is 0.833. The Labute approximate surface area is 212 Å². The highest BCUT2D eigenvalue weighted by molar-refractivity contribution is 14.1. The molecule has 0 spiro atoms. The minimum atomic E-state index is -2.36. The summed E-state index contributed by atoms with van der Waals surface area (Å²) in [5.41, 5.74) is 0. The molecule has 1 heterocycles. The zero-order valence-corrected chi connectivity index (χ0v) is 23.9. The second-order valence-electron chi connectivity index (χ2n) is 8.65. The molecule has 13 heteroatoms. The topological polar surface area (TPSA) is 104 Å². The van der Waals surface area contributed by atoms with Crippen LogP contribution in [0.25, 0.3) is 0 Å². The van der Waals surface area contributed by atoms with Crippen LogP contribution in [0, 0.1) is 5.41 Å². The summed E-state index contributed by atoms with van der Waals surface area (Å²) in [6, 6.07) is 0. The summed E-state index contributed by atoms with van der Waals surface area (Å²) in [7, 11) is -2.36. The maximum atomic E-state index is 11.9. The first-order chi connectivity index (χ1) is 13.9. The van der Waals surface area contributed by atoms with Crippen molar-refractivity contribution < 1.29 is 33.0 Å². The molecule has 0 aromatic rings. The van der Waals surface area contributed by atoms with Crippen LogP contribution in [-0.4, -0.2) is 65.1 Å². The Balaban J connectivity index is 3.33. The molecule has 1 rings (SSSR count). The highest BCUT2D eigenvalue weighted by atomic mass is 127. The Morgan fingerprint density at radius 3 is 2.03 bits per heavy atom. The van der Waals surface area contributed by atoms with E-state index >= 15 is 0 Å². The van der Waals surface area contributed by atoms with Gasteiger partial charge >= 0.3 is 11.9 Å². The van der Waals surface area contributed by atoms with Crippen molar-refractivity contribution >= 4 is 83.5 Å². The number of carbonyl (C=O) groups excluding carboxylic acids is 2. The van der Waals surface area contributed by atoms with Gasteiger partial charge in [0.15, 0.2) is 8.32 Å². The first-order valence-electron chi connectivity index (χ1n) is 9.47. The summed E-state index contributed by atoms with van der Waals surface area (Å²) in [6.45, 7) is 12.7. The van der Waals surface area contributed by atoms with Gasteiger partial charge in [-0.2, -0.15) is 0 Å². The molecule has 0 unspecified atom stereocenters. The smallest absolute Gasteiger partial charge is 0.303 e. The quantitative estimate of drug-likeness (QED) is 0.112. The number of alkyl halides is 4. The zero-order chi connectivity index (χ0) is 24.4. The van der Waals surface area contributed by atoms with E-state index < -0.39 is 58.5 Å². The van der Waals surface area contributed by atoms with E-state index in [9.17, 15) is 9.59 Å². The molecule has 0 radical (unpaired) electrons. The average molecular weight is 633 g/mol. The highest BCUT2D eigenvalue weighted by Crippen LogP contribution is 2.41. The molecular weight excluding hydrogens is 604 g/mol. The molecule has 0 aromatic carbocycles. The largest absolute Gasteiger partial charge is 0.463 e. The maximum Gasteiger partial charge on any atom is 0.303 e. The summed E-state index contributed by atoms with van der Waals surface area (Å²) in [4.78, 5) is 23.3. The summed E-state index contributed by atoms with van der Waals surface area (Å²) < 4.78 is 26.0. The standard InChI is InChI=1S/C18H29Cl3INO7Si/c1-9(24)26-8-11-13(30-31(6,7)17(3,4)5)14(27-10(2)25)12(22)15(28-11)29-16(23)18(19,20)21/h11-15,23H,8H2,1-7H3/t11-,12-,13-,14-,15-/m1/s1. The molecule has 0 bridgehead atoms. The fourth-order valence-corrected chi connectivity index (χ4v) is 4.79. The average Bonchev–Trinajstić information content (AvgIpc) is 2.56. The Morgan fingerprint density at radius 2 is 1.61 bits per heavy atom. The van der Waals surface area contributed by atoms with Crippen molar-refractivity contribution in [1.29, 1.82) is 5.41 Å². The minimum Gasteiger partial charge on any atom is -0.463 e. The number of carbonyl (C=O) groups is 2. The Kier molecular flexibility index (Phi) is 10.4. The number of ether oxygens (including phenoxy) is 4. The molecule has 1 saturated heterocycles. The van der Waals surface area contributed by atoms with Crippen LogP contribution in [0.3, 0.4) is 0 Å². The number of nitrogens with one attached hydrogen (secondary N) is 1. The fourth-order valence-electron chi connectivity index (χ4n) is 2.47. The summed E-state index contributed by atoms with van der Waals surface area (Å²) in [5.74, 6) is -1.69.